The highest BCUT2D eigenvalue weighted by Gasteiger charge is 2.39. The first-order valence-electron chi connectivity index (χ1n) is 10.2. The summed E-state index contributed by atoms with van der Waals surface area (Å²) in [5, 5.41) is 12.7. The van der Waals surface area contributed by atoms with Crippen LogP contribution in [0.4, 0.5) is 16.2 Å². The molecule has 0 saturated heterocycles. The Hall–Kier alpha value is -3.50. The molecule has 0 fully saturated rings. The molecule has 32 heavy (non-hydrogen) atoms. The Kier molecular flexibility index (Phi) is 6.33. The van der Waals surface area contributed by atoms with Crippen LogP contribution in [0, 0.1) is 11.3 Å². The van der Waals surface area contributed by atoms with E-state index in [-0.39, 0.29) is 12.0 Å². The molecule has 0 aliphatic carbocycles. The van der Waals surface area contributed by atoms with Crippen molar-refractivity contribution in [1.29, 1.82) is 5.26 Å². The molecule has 2 unspecified atom stereocenters. The van der Waals surface area contributed by atoms with Crippen LogP contribution >= 0.6 is 15.9 Å². The molecule has 1 aliphatic rings. The Balaban J connectivity index is 1.52. The summed E-state index contributed by atoms with van der Waals surface area (Å²) in [5.41, 5.74) is 3.63. The molecule has 1 N–H and O–H groups in total. The van der Waals surface area contributed by atoms with Gasteiger partial charge in [-0.05, 0) is 60.5 Å². The van der Waals surface area contributed by atoms with Gasteiger partial charge < -0.3 is 14.4 Å². The maximum atomic E-state index is 12.2. The summed E-state index contributed by atoms with van der Waals surface area (Å²) in [6.07, 6.45) is -0.564. The number of ether oxygens (including phenoxy) is 2. The Morgan fingerprint density at radius 1 is 1.09 bits per heavy atom. The number of likely N-dealkylation sites (N-methyl/N-ethyl adjacent to an activating group) is 1. The summed E-state index contributed by atoms with van der Waals surface area (Å²) < 4.78 is 11.6. The zero-order valence-corrected chi connectivity index (χ0v) is 19.3. The van der Waals surface area contributed by atoms with Gasteiger partial charge in [0.1, 0.15) is 11.5 Å². The molecule has 0 aromatic heterocycles. The molecule has 3 aromatic carbocycles. The first-order chi connectivity index (χ1) is 15.5. The fourth-order valence-electron chi connectivity index (χ4n) is 4.06. The third-order valence-electron chi connectivity index (χ3n) is 5.54. The average Bonchev–Trinajstić information content (AvgIpc) is 3.13. The second-order valence-corrected chi connectivity index (χ2v) is 8.27. The monoisotopic (exact) mass is 491 g/mol. The molecule has 0 bridgehead atoms. The van der Waals surface area contributed by atoms with Crippen LogP contribution in [0.1, 0.15) is 30.0 Å². The van der Waals surface area contributed by atoms with Crippen molar-refractivity contribution in [3.8, 4) is 17.6 Å². The summed E-state index contributed by atoms with van der Waals surface area (Å²) in [6, 6.07) is 22.8. The van der Waals surface area contributed by atoms with Gasteiger partial charge in [0, 0.05) is 28.5 Å². The number of nitriles is 1. The molecule has 6 nitrogen and oxygen atoms in total. The van der Waals surface area contributed by atoms with E-state index >= 15 is 0 Å². The van der Waals surface area contributed by atoms with Crippen LogP contribution in [-0.2, 0) is 0 Å². The SMILES string of the molecule is CCN1c2cc(OC)ccc2C(C#N)C1c1ccc(NC(=O)Oc2ccc(Br)cc2)cc1. The lowest BCUT2D eigenvalue weighted by atomic mass is 9.91. The number of nitrogens with zero attached hydrogens (tertiary/aromatic N) is 2. The number of hydrogen-bond donors (Lipinski definition) is 1. The van der Waals surface area contributed by atoms with E-state index in [4.69, 9.17) is 9.47 Å². The van der Waals surface area contributed by atoms with Crippen molar-refractivity contribution in [3.05, 3.63) is 82.3 Å². The average molecular weight is 492 g/mol. The van der Waals surface area contributed by atoms with Gasteiger partial charge in [-0.1, -0.05) is 34.1 Å². The van der Waals surface area contributed by atoms with Crippen molar-refractivity contribution in [2.24, 2.45) is 0 Å². The van der Waals surface area contributed by atoms with E-state index in [0.29, 0.717) is 11.4 Å². The van der Waals surface area contributed by atoms with E-state index in [1.165, 1.54) is 0 Å². The number of rotatable bonds is 5. The molecular weight excluding hydrogens is 470 g/mol. The van der Waals surface area contributed by atoms with Gasteiger partial charge in [0.15, 0.2) is 0 Å². The zero-order chi connectivity index (χ0) is 22.7. The first-order valence-corrected chi connectivity index (χ1v) is 11.0. The minimum absolute atomic E-state index is 0.115. The van der Waals surface area contributed by atoms with Crippen molar-refractivity contribution in [1.82, 2.24) is 0 Å². The molecule has 1 aliphatic heterocycles. The van der Waals surface area contributed by atoms with Gasteiger partial charge in [0.05, 0.1) is 25.1 Å². The molecular formula is C25H22BrN3O3. The Bertz CT molecular complexity index is 1160. The summed E-state index contributed by atoms with van der Waals surface area (Å²) >= 11 is 3.35. The van der Waals surface area contributed by atoms with Crippen LogP contribution in [0.2, 0.25) is 0 Å². The van der Waals surface area contributed by atoms with Crippen molar-refractivity contribution < 1.29 is 14.3 Å². The molecule has 0 radical (unpaired) electrons. The van der Waals surface area contributed by atoms with Gasteiger partial charge in [-0.25, -0.2) is 4.79 Å². The summed E-state index contributed by atoms with van der Waals surface area (Å²) in [5.74, 6) is 0.928. The Morgan fingerprint density at radius 2 is 1.78 bits per heavy atom. The third-order valence-corrected chi connectivity index (χ3v) is 6.06. The molecule has 7 heteroatoms. The molecule has 1 heterocycles. The Labute approximate surface area is 195 Å². The number of anilines is 2. The zero-order valence-electron chi connectivity index (χ0n) is 17.7. The van der Waals surface area contributed by atoms with Gasteiger partial charge in [0.25, 0.3) is 0 Å². The number of carbonyl (C=O) groups excluding carboxylic acids is 1. The lowest BCUT2D eigenvalue weighted by Gasteiger charge is -2.28. The summed E-state index contributed by atoms with van der Waals surface area (Å²) in [4.78, 5) is 14.4. The predicted octanol–water partition coefficient (Wildman–Crippen LogP) is 6.26. The number of fused-ring (bicyclic) bond motifs is 1. The van der Waals surface area contributed by atoms with E-state index in [0.717, 1.165) is 33.6 Å². The molecule has 0 saturated carbocycles. The van der Waals surface area contributed by atoms with Crippen LogP contribution < -0.4 is 19.7 Å². The van der Waals surface area contributed by atoms with Crippen LogP contribution in [0.25, 0.3) is 0 Å². The fourth-order valence-corrected chi connectivity index (χ4v) is 4.32. The molecule has 4 rings (SSSR count). The maximum Gasteiger partial charge on any atom is 0.417 e. The van der Waals surface area contributed by atoms with Gasteiger partial charge >= 0.3 is 6.09 Å². The number of hydrogen-bond acceptors (Lipinski definition) is 5. The lowest BCUT2D eigenvalue weighted by Crippen LogP contribution is -2.26. The largest absolute Gasteiger partial charge is 0.497 e. The molecule has 0 spiro atoms. The standard InChI is InChI=1S/C25H22BrN3O3/c1-3-29-23-14-20(31-2)12-13-21(23)22(15-27)24(29)16-4-8-18(9-5-16)28-25(30)32-19-10-6-17(26)7-11-19/h4-14,22,24H,3H2,1-2H3,(H,28,30). The predicted molar refractivity (Wildman–Crippen MR) is 127 cm³/mol. The van der Waals surface area contributed by atoms with E-state index < -0.39 is 6.09 Å². The maximum absolute atomic E-state index is 12.2. The third kappa shape index (κ3) is 4.27. The summed E-state index contributed by atoms with van der Waals surface area (Å²) in [7, 11) is 1.64. The smallest absolute Gasteiger partial charge is 0.417 e. The quantitative estimate of drug-likeness (QED) is 0.455. The van der Waals surface area contributed by atoms with Gasteiger partial charge in [-0.15, -0.1) is 0 Å². The van der Waals surface area contributed by atoms with Crippen molar-refractivity contribution in [3.63, 3.8) is 0 Å². The van der Waals surface area contributed by atoms with Gasteiger partial charge in [-0.2, -0.15) is 5.26 Å². The number of benzene rings is 3. The number of methoxy groups -OCH3 is 1. The second kappa shape index (κ2) is 9.33. The molecule has 3 aromatic rings. The minimum atomic E-state index is -0.564. The van der Waals surface area contributed by atoms with Crippen LogP contribution in [-0.4, -0.2) is 19.7 Å². The van der Waals surface area contributed by atoms with Crippen LogP contribution in [0.15, 0.2) is 71.2 Å². The number of halogens is 1. The highest BCUT2D eigenvalue weighted by molar-refractivity contribution is 9.10. The Morgan fingerprint density at radius 3 is 2.41 bits per heavy atom. The van der Waals surface area contributed by atoms with Crippen molar-refractivity contribution in [2.45, 2.75) is 18.9 Å². The number of nitrogens with one attached hydrogen (secondary N) is 1. The first kappa shape index (κ1) is 21.7. The molecule has 2 atom stereocenters. The van der Waals surface area contributed by atoms with E-state index in [9.17, 15) is 10.1 Å². The minimum Gasteiger partial charge on any atom is -0.497 e. The van der Waals surface area contributed by atoms with Crippen molar-refractivity contribution in [2.75, 3.05) is 23.9 Å². The van der Waals surface area contributed by atoms with Gasteiger partial charge in [-0.3, -0.25) is 5.32 Å². The second-order valence-electron chi connectivity index (χ2n) is 7.35. The highest BCUT2D eigenvalue weighted by Crippen LogP contribution is 2.49. The lowest BCUT2D eigenvalue weighted by molar-refractivity contribution is 0.215. The van der Waals surface area contributed by atoms with Crippen LogP contribution in [0.3, 0.4) is 0 Å². The normalized spacial score (nSPS) is 16.8. The highest BCUT2D eigenvalue weighted by atomic mass is 79.9. The number of carbonyl (C=O) groups is 1. The number of amides is 1. The van der Waals surface area contributed by atoms with Crippen LogP contribution in [0.5, 0.6) is 11.5 Å². The molecule has 1 amide bonds. The van der Waals surface area contributed by atoms with E-state index in [2.05, 4.69) is 39.1 Å². The van der Waals surface area contributed by atoms with Crippen molar-refractivity contribution >= 4 is 33.4 Å². The van der Waals surface area contributed by atoms with E-state index in [1.807, 2.05) is 42.5 Å². The van der Waals surface area contributed by atoms with E-state index in [1.54, 1.807) is 31.4 Å². The molecule has 162 valence electrons. The fraction of sp³-hybridized carbons (Fsp3) is 0.200. The topological polar surface area (TPSA) is 74.6 Å². The van der Waals surface area contributed by atoms with Gasteiger partial charge in [0.2, 0.25) is 0 Å². The summed E-state index contributed by atoms with van der Waals surface area (Å²) in [6.45, 7) is 2.83.